The number of aliphatic imine (C=N–C) groups is 1. The molecule has 1 aliphatic rings. The van der Waals surface area contributed by atoms with Gasteiger partial charge in [0.2, 0.25) is 4.87 Å². The molecule has 0 saturated carbocycles. The molecule has 0 radical (unpaired) electrons. The predicted octanol–water partition coefficient (Wildman–Crippen LogP) is 5.61. The van der Waals surface area contributed by atoms with Crippen LogP contribution in [0.2, 0.25) is 0 Å². The van der Waals surface area contributed by atoms with Crippen molar-refractivity contribution in [2.75, 3.05) is 13.7 Å². The van der Waals surface area contributed by atoms with Gasteiger partial charge >= 0.3 is 11.9 Å². The lowest BCUT2D eigenvalue weighted by Crippen LogP contribution is -2.58. The molecule has 0 aromatic heterocycles. The van der Waals surface area contributed by atoms with Gasteiger partial charge in [-0.05, 0) is 48.2 Å². The summed E-state index contributed by atoms with van der Waals surface area (Å²) in [6.45, 7) is 4.36. The molecule has 8 heteroatoms. The van der Waals surface area contributed by atoms with Crippen LogP contribution in [0.3, 0.4) is 0 Å². The van der Waals surface area contributed by atoms with Gasteiger partial charge in [0.1, 0.15) is 6.17 Å². The highest BCUT2D eigenvalue weighted by molar-refractivity contribution is 7.88. The third-order valence-electron chi connectivity index (χ3n) is 6.78. The Balaban J connectivity index is 1.72. The van der Waals surface area contributed by atoms with Gasteiger partial charge in [0.15, 0.2) is 0 Å². The number of benzene rings is 3. The van der Waals surface area contributed by atoms with Crippen LogP contribution in [0.25, 0.3) is 11.1 Å². The van der Waals surface area contributed by atoms with E-state index in [9.17, 15) is 13.8 Å². The standard InChI is InChI=1S/C31H34N2O5S/c1-4-6-16-28-32-22-31(30(35)38-5-2,39(36)25-12-8-7-9-13-25)33(28)21-23-17-19-24(20-18-23)26-14-10-11-15-27(26)29(34)37-3/h7-15,17-20,22,28H,4-6,16,21H2,1-3H3. The highest BCUT2D eigenvalue weighted by atomic mass is 32.2. The van der Waals surface area contributed by atoms with Gasteiger partial charge in [-0.2, -0.15) is 0 Å². The third kappa shape index (κ3) is 5.87. The van der Waals surface area contributed by atoms with E-state index < -0.39 is 27.6 Å². The van der Waals surface area contributed by atoms with Gasteiger partial charge in [-0.25, -0.2) is 14.5 Å². The minimum Gasteiger partial charge on any atom is -0.465 e. The number of esters is 2. The van der Waals surface area contributed by atoms with Gasteiger partial charge in [0.25, 0.3) is 0 Å². The van der Waals surface area contributed by atoms with E-state index >= 15 is 0 Å². The molecule has 1 aliphatic heterocycles. The van der Waals surface area contributed by atoms with Gasteiger partial charge in [-0.1, -0.05) is 80.4 Å². The first-order valence-corrected chi connectivity index (χ1v) is 14.3. The van der Waals surface area contributed by atoms with Crippen LogP contribution >= 0.6 is 0 Å². The van der Waals surface area contributed by atoms with Crippen molar-refractivity contribution in [2.45, 2.75) is 55.6 Å². The maximum atomic E-state index is 14.1. The van der Waals surface area contributed by atoms with Crippen LogP contribution in [-0.4, -0.2) is 52.0 Å². The first-order chi connectivity index (χ1) is 19.0. The van der Waals surface area contributed by atoms with Crippen molar-refractivity contribution in [3.63, 3.8) is 0 Å². The van der Waals surface area contributed by atoms with E-state index in [1.54, 1.807) is 31.2 Å². The summed E-state index contributed by atoms with van der Waals surface area (Å²) in [6.07, 6.45) is 3.84. The SMILES string of the molecule is CCCCC1N=CC(C(=O)OCC)(S(=O)c2ccccc2)N1Cc1ccc(-c2ccccc2C(=O)OC)cc1. The summed E-state index contributed by atoms with van der Waals surface area (Å²) in [5.41, 5.74) is 3.04. The van der Waals surface area contributed by atoms with Gasteiger partial charge in [-0.3, -0.25) is 9.20 Å². The third-order valence-corrected chi connectivity index (χ3v) is 8.55. The number of hydrogen-bond donors (Lipinski definition) is 0. The number of hydrogen-bond acceptors (Lipinski definition) is 7. The van der Waals surface area contributed by atoms with Crippen LogP contribution in [-0.2, 0) is 31.6 Å². The lowest BCUT2D eigenvalue weighted by atomic mass is 9.98. The molecule has 0 N–H and O–H groups in total. The molecule has 0 saturated heterocycles. The molecule has 0 aliphatic carbocycles. The van der Waals surface area contributed by atoms with Crippen LogP contribution in [0.1, 0.15) is 49.0 Å². The molecule has 39 heavy (non-hydrogen) atoms. The number of methoxy groups -OCH3 is 1. The molecule has 204 valence electrons. The first-order valence-electron chi connectivity index (χ1n) is 13.2. The van der Waals surface area contributed by atoms with Crippen LogP contribution in [0, 0.1) is 0 Å². The van der Waals surface area contributed by atoms with E-state index in [0.717, 1.165) is 36.0 Å². The fourth-order valence-corrected chi connectivity index (χ4v) is 6.30. The number of carbonyl (C=O) groups is 2. The van der Waals surface area contributed by atoms with Crippen molar-refractivity contribution in [2.24, 2.45) is 4.99 Å². The fourth-order valence-electron chi connectivity index (χ4n) is 4.77. The Morgan fingerprint density at radius 3 is 2.33 bits per heavy atom. The smallest absolute Gasteiger partial charge is 0.346 e. The second-order valence-electron chi connectivity index (χ2n) is 9.26. The molecule has 0 spiro atoms. The van der Waals surface area contributed by atoms with Gasteiger partial charge in [0, 0.05) is 17.7 Å². The van der Waals surface area contributed by atoms with Crippen molar-refractivity contribution in [1.29, 1.82) is 0 Å². The highest BCUT2D eigenvalue weighted by Crippen LogP contribution is 2.36. The maximum Gasteiger partial charge on any atom is 0.346 e. The average Bonchev–Trinajstić information content (AvgIpc) is 3.34. The molecule has 0 fully saturated rings. The van der Waals surface area contributed by atoms with Crippen LogP contribution in [0.15, 0.2) is 88.8 Å². The summed E-state index contributed by atoms with van der Waals surface area (Å²) < 4.78 is 24.6. The Kier molecular flexibility index (Phi) is 9.43. The van der Waals surface area contributed by atoms with Crippen LogP contribution in [0.4, 0.5) is 0 Å². The average molecular weight is 547 g/mol. The Morgan fingerprint density at radius 1 is 0.974 bits per heavy atom. The number of unbranched alkanes of at least 4 members (excludes halogenated alkanes) is 1. The number of carbonyl (C=O) groups excluding carboxylic acids is 2. The molecule has 0 amide bonds. The summed E-state index contributed by atoms with van der Waals surface area (Å²) in [5, 5.41) is 0. The fraction of sp³-hybridized carbons (Fsp3) is 0.323. The molecule has 3 unspecified atom stereocenters. The zero-order chi connectivity index (χ0) is 27.8. The quantitative estimate of drug-likeness (QED) is 0.291. The second kappa shape index (κ2) is 13.0. The summed E-state index contributed by atoms with van der Waals surface area (Å²) in [5.74, 6) is -0.969. The van der Waals surface area contributed by atoms with E-state index in [1.807, 2.05) is 59.5 Å². The zero-order valence-corrected chi connectivity index (χ0v) is 23.4. The lowest BCUT2D eigenvalue weighted by Gasteiger charge is -2.36. The van der Waals surface area contributed by atoms with E-state index in [-0.39, 0.29) is 12.8 Å². The van der Waals surface area contributed by atoms with Crippen molar-refractivity contribution in [1.82, 2.24) is 4.90 Å². The van der Waals surface area contributed by atoms with Gasteiger partial charge in [0.05, 0.1) is 30.1 Å². The molecular formula is C31H34N2O5S. The predicted molar refractivity (Wildman–Crippen MR) is 153 cm³/mol. The number of ether oxygens (including phenoxy) is 2. The van der Waals surface area contributed by atoms with E-state index in [0.29, 0.717) is 17.0 Å². The summed E-state index contributed by atoms with van der Waals surface area (Å²) in [7, 11) is -0.406. The summed E-state index contributed by atoms with van der Waals surface area (Å²) in [4.78, 5) is 31.5. The zero-order valence-electron chi connectivity index (χ0n) is 22.5. The maximum absolute atomic E-state index is 14.1. The monoisotopic (exact) mass is 546 g/mol. The Bertz CT molecular complexity index is 1340. The Morgan fingerprint density at radius 2 is 1.67 bits per heavy atom. The van der Waals surface area contributed by atoms with Crippen molar-refractivity contribution in [3.05, 3.63) is 90.0 Å². The Labute approximate surface area is 232 Å². The van der Waals surface area contributed by atoms with Crippen molar-refractivity contribution in [3.8, 4) is 11.1 Å². The molecule has 3 atom stereocenters. The molecule has 3 aromatic rings. The lowest BCUT2D eigenvalue weighted by molar-refractivity contribution is -0.149. The molecule has 1 heterocycles. The largest absolute Gasteiger partial charge is 0.465 e. The normalized spacial score (nSPS) is 19.5. The van der Waals surface area contributed by atoms with Gasteiger partial charge in [-0.15, -0.1) is 0 Å². The molecule has 7 nitrogen and oxygen atoms in total. The van der Waals surface area contributed by atoms with Crippen molar-refractivity contribution < 1.29 is 23.3 Å². The van der Waals surface area contributed by atoms with E-state index in [2.05, 4.69) is 6.92 Å². The van der Waals surface area contributed by atoms with Crippen LogP contribution in [0.5, 0.6) is 0 Å². The molecule has 3 aromatic carbocycles. The van der Waals surface area contributed by atoms with E-state index in [1.165, 1.54) is 13.3 Å². The summed E-state index contributed by atoms with van der Waals surface area (Å²) in [6, 6.07) is 24.1. The van der Waals surface area contributed by atoms with Gasteiger partial charge < -0.3 is 9.47 Å². The number of nitrogens with zero attached hydrogens (tertiary/aromatic N) is 2. The minimum absolute atomic E-state index is 0.169. The number of rotatable bonds is 11. The molecular weight excluding hydrogens is 512 g/mol. The first kappa shape index (κ1) is 28.4. The van der Waals surface area contributed by atoms with Crippen LogP contribution < -0.4 is 0 Å². The van der Waals surface area contributed by atoms with E-state index in [4.69, 9.17) is 14.5 Å². The highest BCUT2D eigenvalue weighted by Gasteiger charge is 2.56. The summed E-state index contributed by atoms with van der Waals surface area (Å²) >= 11 is 0. The topological polar surface area (TPSA) is 85.3 Å². The second-order valence-corrected chi connectivity index (χ2v) is 10.9. The van der Waals surface area contributed by atoms with Crippen molar-refractivity contribution >= 4 is 29.0 Å². The molecule has 0 bridgehead atoms. The Hall–Kier alpha value is -3.62. The minimum atomic E-state index is -1.77. The molecule has 4 rings (SSSR count).